The molecule has 2 rings (SSSR count). The molecule has 0 radical (unpaired) electrons. The summed E-state index contributed by atoms with van der Waals surface area (Å²) in [6, 6.07) is 10.4. The van der Waals surface area contributed by atoms with Gasteiger partial charge in [-0.1, -0.05) is 17.2 Å². The number of esters is 1. The Hall–Kier alpha value is -2.62. The first-order valence-corrected chi connectivity index (χ1v) is 6.51. The smallest absolute Gasteiger partial charge is 0.343 e. The van der Waals surface area contributed by atoms with Gasteiger partial charge in [0, 0.05) is 0 Å². The second-order valence-corrected chi connectivity index (χ2v) is 4.91. The lowest BCUT2D eigenvalue weighted by atomic mass is 10.1. The molecule has 0 atom stereocenters. The highest BCUT2D eigenvalue weighted by Crippen LogP contribution is 2.24. The molecule has 0 amide bonds. The van der Waals surface area contributed by atoms with Crippen LogP contribution in [0.25, 0.3) is 0 Å². The molecule has 0 fully saturated rings. The fourth-order valence-corrected chi connectivity index (χ4v) is 2.12. The van der Waals surface area contributed by atoms with Crippen LogP contribution < -0.4 is 9.47 Å². The minimum Gasteiger partial charge on any atom is -0.429 e. The molecule has 0 saturated carbocycles. The van der Waals surface area contributed by atoms with Crippen molar-refractivity contribution >= 4 is 12.4 Å². The van der Waals surface area contributed by atoms with E-state index >= 15 is 0 Å². The van der Waals surface area contributed by atoms with Crippen molar-refractivity contribution in [2.45, 2.75) is 20.8 Å². The van der Waals surface area contributed by atoms with Crippen LogP contribution in [0.1, 0.15) is 27.0 Å². The predicted molar refractivity (Wildman–Crippen MR) is 78.7 cm³/mol. The van der Waals surface area contributed by atoms with Gasteiger partial charge >= 0.3 is 5.97 Å². The molecule has 0 aliphatic heterocycles. The average molecular weight is 284 g/mol. The molecular formula is C17H16O4. The zero-order valence-electron chi connectivity index (χ0n) is 12.2. The summed E-state index contributed by atoms with van der Waals surface area (Å²) in [6.07, 6.45) is 0. The highest BCUT2D eigenvalue weighted by molar-refractivity contribution is 5.91. The van der Waals surface area contributed by atoms with Crippen molar-refractivity contribution in [3.8, 4) is 11.5 Å². The molecule has 0 aliphatic carbocycles. The van der Waals surface area contributed by atoms with Gasteiger partial charge in [0.15, 0.2) is 0 Å². The molecule has 4 heteroatoms. The maximum absolute atomic E-state index is 12.2. The Bertz CT molecular complexity index is 669. The molecule has 108 valence electrons. The Morgan fingerprint density at radius 3 is 2.24 bits per heavy atom. The average Bonchev–Trinajstić information content (AvgIpc) is 2.41. The van der Waals surface area contributed by atoms with Gasteiger partial charge in [0.25, 0.3) is 6.47 Å². The summed E-state index contributed by atoms with van der Waals surface area (Å²) < 4.78 is 10.1. The van der Waals surface area contributed by atoms with Crippen molar-refractivity contribution in [3.05, 3.63) is 58.7 Å². The molecule has 0 heterocycles. The van der Waals surface area contributed by atoms with Crippen LogP contribution in [0.4, 0.5) is 0 Å². The van der Waals surface area contributed by atoms with Crippen LogP contribution in [-0.2, 0) is 4.79 Å². The molecule has 4 nitrogen and oxygen atoms in total. The number of hydrogen-bond donors (Lipinski definition) is 0. The van der Waals surface area contributed by atoms with E-state index in [2.05, 4.69) is 0 Å². The van der Waals surface area contributed by atoms with E-state index in [0.717, 1.165) is 11.1 Å². The predicted octanol–water partition coefficient (Wildman–Crippen LogP) is 3.37. The SMILES string of the molecule is Cc1cc(C)cc(C(=O)Oc2ccc(OC=O)cc2C)c1. The van der Waals surface area contributed by atoms with Crippen LogP contribution in [-0.4, -0.2) is 12.4 Å². The zero-order chi connectivity index (χ0) is 15.4. The molecule has 0 aromatic heterocycles. The third-order valence-electron chi connectivity index (χ3n) is 2.99. The number of rotatable bonds is 4. The van der Waals surface area contributed by atoms with E-state index < -0.39 is 5.97 Å². The summed E-state index contributed by atoms with van der Waals surface area (Å²) in [7, 11) is 0. The Labute approximate surface area is 123 Å². The number of benzene rings is 2. The molecule has 2 aromatic rings. The minimum absolute atomic E-state index is 0.357. The molecule has 0 saturated heterocycles. The minimum atomic E-state index is -0.408. The summed E-state index contributed by atoms with van der Waals surface area (Å²) in [5.41, 5.74) is 3.24. The van der Waals surface area contributed by atoms with Crippen LogP contribution in [0.3, 0.4) is 0 Å². The van der Waals surface area contributed by atoms with Crippen molar-refractivity contribution in [1.82, 2.24) is 0 Å². The van der Waals surface area contributed by atoms with Crippen LogP contribution in [0.5, 0.6) is 11.5 Å². The number of hydrogen-bond acceptors (Lipinski definition) is 4. The summed E-state index contributed by atoms with van der Waals surface area (Å²) in [6.45, 7) is 6.00. The quantitative estimate of drug-likeness (QED) is 0.491. The first kappa shape index (κ1) is 14.8. The van der Waals surface area contributed by atoms with E-state index in [4.69, 9.17) is 9.47 Å². The highest BCUT2D eigenvalue weighted by Gasteiger charge is 2.11. The molecular weight excluding hydrogens is 268 g/mol. The van der Waals surface area contributed by atoms with Crippen LogP contribution in [0.15, 0.2) is 36.4 Å². The van der Waals surface area contributed by atoms with E-state index in [0.29, 0.717) is 29.1 Å². The van der Waals surface area contributed by atoms with Gasteiger partial charge in [-0.15, -0.1) is 0 Å². The summed E-state index contributed by atoms with van der Waals surface area (Å²) in [5, 5.41) is 0. The Morgan fingerprint density at radius 2 is 1.67 bits per heavy atom. The maximum Gasteiger partial charge on any atom is 0.343 e. The largest absolute Gasteiger partial charge is 0.429 e. The van der Waals surface area contributed by atoms with Crippen molar-refractivity contribution in [3.63, 3.8) is 0 Å². The Kier molecular flexibility index (Phi) is 4.38. The van der Waals surface area contributed by atoms with Gasteiger partial charge in [0.1, 0.15) is 11.5 Å². The van der Waals surface area contributed by atoms with E-state index in [-0.39, 0.29) is 0 Å². The first-order valence-electron chi connectivity index (χ1n) is 6.51. The van der Waals surface area contributed by atoms with E-state index in [1.165, 1.54) is 0 Å². The van der Waals surface area contributed by atoms with E-state index in [9.17, 15) is 9.59 Å². The lowest BCUT2D eigenvalue weighted by molar-refractivity contribution is -0.120. The molecule has 0 bridgehead atoms. The molecule has 21 heavy (non-hydrogen) atoms. The normalized spacial score (nSPS) is 10.0. The maximum atomic E-state index is 12.2. The van der Waals surface area contributed by atoms with Crippen LogP contribution in [0, 0.1) is 20.8 Å². The van der Waals surface area contributed by atoms with Crippen LogP contribution in [0.2, 0.25) is 0 Å². The number of carbonyl (C=O) groups excluding carboxylic acids is 2. The third kappa shape index (κ3) is 3.69. The van der Waals surface area contributed by atoms with Gasteiger partial charge in [0.2, 0.25) is 0 Å². The van der Waals surface area contributed by atoms with Gasteiger partial charge in [-0.25, -0.2) is 4.79 Å². The standard InChI is InChI=1S/C17H16O4/c1-11-6-12(2)8-14(7-11)17(19)21-16-5-4-15(20-10-18)9-13(16)3/h4-10H,1-3H3. The lowest BCUT2D eigenvalue weighted by Gasteiger charge is -2.09. The van der Waals surface area contributed by atoms with Crippen LogP contribution >= 0.6 is 0 Å². The van der Waals surface area contributed by atoms with Gasteiger partial charge in [-0.05, 0) is 56.7 Å². The first-order chi connectivity index (χ1) is 9.99. The van der Waals surface area contributed by atoms with Crippen molar-refractivity contribution in [2.75, 3.05) is 0 Å². The van der Waals surface area contributed by atoms with E-state index in [1.54, 1.807) is 37.3 Å². The highest BCUT2D eigenvalue weighted by atomic mass is 16.5. The second-order valence-electron chi connectivity index (χ2n) is 4.91. The summed E-state index contributed by atoms with van der Waals surface area (Å²) in [4.78, 5) is 22.5. The van der Waals surface area contributed by atoms with Crippen molar-refractivity contribution in [1.29, 1.82) is 0 Å². The van der Waals surface area contributed by atoms with Crippen molar-refractivity contribution < 1.29 is 19.1 Å². The van der Waals surface area contributed by atoms with E-state index in [1.807, 2.05) is 19.9 Å². The fraction of sp³-hybridized carbons (Fsp3) is 0.176. The Morgan fingerprint density at radius 1 is 1.00 bits per heavy atom. The zero-order valence-corrected chi connectivity index (χ0v) is 12.2. The molecule has 0 unspecified atom stereocenters. The topological polar surface area (TPSA) is 52.6 Å². The molecule has 0 spiro atoms. The number of carbonyl (C=O) groups is 2. The van der Waals surface area contributed by atoms with Gasteiger partial charge in [-0.2, -0.15) is 0 Å². The van der Waals surface area contributed by atoms with Gasteiger partial charge in [0.05, 0.1) is 5.56 Å². The third-order valence-corrected chi connectivity index (χ3v) is 2.99. The summed E-state index contributed by atoms with van der Waals surface area (Å²) >= 11 is 0. The molecule has 0 N–H and O–H groups in total. The molecule has 0 aliphatic rings. The number of aryl methyl sites for hydroxylation is 3. The van der Waals surface area contributed by atoms with Gasteiger partial charge in [-0.3, -0.25) is 4.79 Å². The monoisotopic (exact) mass is 284 g/mol. The van der Waals surface area contributed by atoms with Crippen molar-refractivity contribution in [2.24, 2.45) is 0 Å². The Balaban J connectivity index is 2.21. The number of ether oxygens (including phenoxy) is 2. The summed E-state index contributed by atoms with van der Waals surface area (Å²) in [5.74, 6) is 0.445. The fourth-order valence-electron chi connectivity index (χ4n) is 2.12. The molecule has 2 aromatic carbocycles. The lowest BCUT2D eigenvalue weighted by Crippen LogP contribution is -2.10. The van der Waals surface area contributed by atoms with Gasteiger partial charge < -0.3 is 9.47 Å². The second kappa shape index (κ2) is 6.22.